The van der Waals surface area contributed by atoms with Crippen LogP contribution in [0.3, 0.4) is 0 Å². The van der Waals surface area contributed by atoms with Crippen molar-refractivity contribution in [3.05, 3.63) is 53.1 Å². The number of aromatic nitrogens is 4. The van der Waals surface area contributed by atoms with Gasteiger partial charge in [-0.25, -0.2) is 9.50 Å². The highest BCUT2D eigenvalue weighted by Crippen LogP contribution is 2.24. The molecule has 8 nitrogen and oxygen atoms in total. The normalized spacial score (nSPS) is 19.1. The van der Waals surface area contributed by atoms with Crippen molar-refractivity contribution in [2.24, 2.45) is 11.8 Å². The SMILES string of the molecule is Cc1ccc(C(=O)N2CC(C)CC(C)C2)cc1NC(=O)c1nc2nccc(C)n2n1. The maximum atomic E-state index is 13.0. The zero-order valence-electron chi connectivity index (χ0n) is 17.7. The molecule has 2 amide bonds. The van der Waals surface area contributed by atoms with Crippen LogP contribution in [0.1, 0.15) is 52.5 Å². The van der Waals surface area contributed by atoms with Crippen LogP contribution in [0.5, 0.6) is 0 Å². The van der Waals surface area contributed by atoms with Gasteiger partial charge in [-0.1, -0.05) is 19.9 Å². The fourth-order valence-electron chi connectivity index (χ4n) is 4.08. The van der Waals surface area contributed by atoms with Crippen LogP contribution < -0.4 is 5.32 Å². The van der Waals surface area contributed by atoms with Crippen LogP contribution in [0.2, 0.25) is 0 Å². The Labute approximate surface area is 175 Å². The minimum absolute atomic E-state index is 0.00502. The van der Waals surface area contributed by atoms with E-state index < -0.39 is 5.91 Å². The molecule has 1 aromatic carbocycles. The van der Waals surface area contributed by atoms with Gasteiger partial charge in [-0.3, -0.25) is 9.59 Å². The predicted octanol–water partition coefficient (Wildman–Crippen LogP) is 3.11. The molecule has 2 aromatic heterocycles. The summed E-state index contributed by atoms with van der Waals surface area (Å²) in [4.78, 5) is 36.0. The Morgan fingerprint density at radius 3 is 2.53 bits per heavy atom. The third kappa shape index (κ3) is 3.90. The summed E-state index contributed by atoms with van der Waals surface area (Å²) < 4.78 is 1.53. The number of carbonyl (C=O) groups excluding carboxylic acids is 2. The van der Waals surface area contributed by atoms with Crippen molar-refractivity contribution in [3.8, 4) is 0 Å². The van der Waals surface area contributed by atoms with Crippen molar-refractivity contribution in [3.63, 3.8) is 0 Å². The Kier molecular flexibility index (Phi) is 5.24. The summed E-state index contributed by atoms with van der Waals surface area (Å²) in [6.07, 6.45) is 2.77. The molecule has 30 heavy (non-hydrogen) atoms. The topological polar surface area (TPSA) is 92.5 Å². The number of aryl methyl sites for hydroxylation is 2. The highest BCUT2D eigenvalue weighted by atomic mass is 16.2. The number of benzene rings is 1. The maximum Gasteiger partial charge on any atom is 0.295 e. The molecule has 0 saturated carbocycles. The Morgan fingerprint density at radius 1 is 1.10 bits per heavy atom. The summed E-state index contributed by atoms with van der Waals surface area (Å²) in [5, 5.41) is 7.09. The lowest BCUT2D eigenvalue weighted by atomic mass is 9.91. The smallest absolute Gasteiger partial charge is 0.295 e. The van der Waals surface area contributed by atoms with Gasteiger partial charge in [0.1, 0.15) is 0 Å². The number of hydrogen-bond acceptors (Lipinski definition) is 5. The first-order valence-electron chi connectivity index (χ1n) is 10.2. The van der Waals surface area contributed by atoms with Crippen LogP contribution in [0.15, 0.2) is 30.5 Å². The summed E-state index contributed by atoms with van der Waals surface area (Å²) in [5.41, 5.74) is 2.84. The van der Waals surface area contributed by atoms with E-state index in [4.69, 9.17) is 0 Å². The van der Waals surface area contributed by atoms with Gasteiger partial charge >= 0.3 is 0 Å². The Balaban J connectivity index is 1.56. The predicted molar refractivity (Wildman–Crippen MR) is 113 cm³/mol. The van der Waals surface area contributed by atoms with E-state index in [1.165, 1.54) is 4.52 Å². The lowest BCUT2D eigenvalue weighted by Crippen LogP contribution is -2.42. The minimum Gasteiger partial charge on any atom is -0.338 e. The van der Waals surface area contributed by atoms with Crippen molar-refractivity contribution < 1.29 is 9.59 Å². The average molecular weight is 406 g/mol. The van der Waals surface area contributed by atoms with Gasteiger partial charge in [0.05, 0.1) is 0 Å². The summed E-state index contributed by atoms with van der Waals surface area (Å²) in [6.45, 7) is 9.63. The number of nitrogens with one attached hydrogen (secondary N) is 1. The van der Waals surface area contributed by atoms with E-state index >= 15 is 0 Å². The number of nitrogens with zero attached hydrogens (tertiary/aromatic N) is 5. The molecule has 2 unspecified atom stereocenters. The number of carbonyl (C=O) groups is 2. The molecular formula is C22H26N6O2. The van der Waals surface area contributed by atoms with Gasteiger partial charge in [0.15, 0.2) is 0 Å². The van der Waals surface area contributed by atoms with E-state index in [-0.39, 0.29) is 11.7 Å². The van der Waals surface area contributed by atoms with Crippen LogP contribution in [0.4, 0.5) is 5.69 Å². The number of likely N-dealkylation sites (tertiary alicyclic amines) is 1. The van der Waals surface area contributed by atoms with Crippen LogP contribution in [0, 0.1) is 25.7 Å². The molecule has 3 aromatic rings. The van der Waals surface area contributed by atoms with Gasteiger partial charge in [0.25, 0.3) is 17.6 Å². The molecule has 0 aliphatic carbocycles. The third-order valence-corrected chi connectivity index (χ3v) is 5.52. The molecule has 1 aliphatic rings. The molecule has 1 aliphatic heterocycles. The molecule has 0 spiro atoms. The minimum atomic E-state index is -0.437. The first kappa shape index (κ1) is 20.0. The molecule has 156 valence electrons. The quantitative estimate of drug-likeness (QED) is 0.721. The second-order valence-electron chi connectivity index (χ2n) is 8.37. The van der Waals surface area contributed by atoms with E-state index in [2.05, 4.69) is 34.2 Å². The zero-order chi connectivity index (χ0) is 21.4. The number of hydrogen-bond donors (Lipinski definition) is 1. The monoisotopic (exact) mass is 406 g/mol. The van der Waals surface area contributed by atoms with Gasteiger partial charge in [-0.2, -0.15) is 4.98 Å². The Morgan fingerprint density at radius 2 is 1.83 bits per heavy atom. The van der Waals surface area contributed by atoms with E-state index in [9.17, 15) is 9.59 Å². The van der Waals surface area contributed by atoms with Gasteiger partial charge in [0, 0.05) is 36.2 Å². The summed E-state index contributed by atoms with van der Waals surface area (Å²) in [7, 11) is 0. The lowest BCUT2D eigenvalue weighted by molar-refractivity contribution is 0.0623. The molecule has 1 fully saturated rings. The van der Waals surface area contributed by atoms with Crippen molar-refractivity contribution in [1.29, 1.82) is 0 Å². The van der Waals surface area contributed by atoms with Crippen molar-refractivity contribution >= 4 is 23.3 Å². The Hall–Kier alpha value is -3.29. The van der Waals surface area contributed by atoms with Crippen molar-refractivity contribution in [1.82, 2.24) is 24.5 Å². The standard InChI is InChI=1S/C22H26N6O2/c1-13-9-14(2)12-27(11-13)21(30)17-6-5-15(3)18(10-17)24-20(29)19-25-22-23-8-7-16(4)28(22)26-19/h5-8,10,13-14H,9,11-12H2,1-4H3,(H,24,29). The largest absolute Gasteiger partial charge is 0.338 e. The van der Waals surface area contributed by atoms with E-state index in [1.807, 2.05) is 30.9 Å². The van der Waals surface area contributed by atoms with Crippen LogP contribution >= 0.6 is 0 Å². The fraction of sp³-hybridized carbons (Fsp3) is 0.409. The van der Waals surface area contributed by atoms with Gasteiger partial charge < -0.3 is 10.2 Å². The summed E-state index contributed by atoms with van der Waals surface area (Å²) >= 11 is 0. The number of anilines is 1. The Bertz CT molecular complexity index is 1110. The van der Waals surface area contributed by atoms with Crippen LogP contribution in [-0.2, 0) is 0 Å². The van der Waals surface area contributed by atoms with Crippen LogP contribution in [-0.4, -0.2) is 49.4 Å². The molecule has 1 N–H and O–H groups in total. The second kappa shape index (κ2) is 7.85. The first-order chi connectivity index (χ1) is 14.3. The summed E-state index contributed by atoms with van der Waals surface area (Å²) in [6, 6.07) is 7.19. The molecule has 0 radical (unpaired) electrons. The third-order valence-electron chi connectivity index (χ3n) is 5.52. The average Bonchev–Trinajstić information content (AvgIpc) is 3.14. The number of amides is 2. The molecule has 3 heterocycles. The number of piperidine rings is 1. The van der Waals surface area contributed by atoms with Gasteiger partial charge in [0.2, 0.25) is 5.82 Å². The van der Waals surface area contributed by atoms with Gasteiger partial charge in [-0.15, -0.1) is 5.10 Å². The summed E-state index contributed by atoms with van der Waals surface area (Å²) in [5.74, 6) is 0.934. The highest BCUT2D eigenvalue weighted by molar-refractivity contribution is 6.03. The molecule has 0 bridgehead atoms. The van der Waals surface area contributed by atoms with E-state index in [0.29, 0.717) is 28.9 Å². The van der Waals surface area contributed by atoms with Crippen molar-refractivity contribution in [2.75, 3.05) is 18.4 Å². The molecule has 1 saturated heterocycles. The number of fused-ring (bicyclic) bond motifs is 1. The van der Waals surface area contributed by atoms with Gasteiger partial charge in [-0.05, 0) is 55.9 Å². The number of rotatable bonds is 3. The van der Waals surface area contributed by atoms with E-state index in [0.717, 1.165) is 30.8 Å². The van der Waals surface area contributed by atoms with Crippen LogP contribution in [0.25, 0.3) is 5.78 Å². The molecule has 2 atom stereocenters. The van der Waals surface area contributed by atoms with E-state index in [1.54, 1.807) is 18.3 Å². The first-order valence-corrected chi connectivity index (χ1v) is 10.2. The molecular weight excluding hydrogens is 380 g/mol. The second-order valence-corrected chi connectivity index (χ2v) is 8.37. The molecule has 4 rings (SSSR count). The maximum absolute atomic E-state index is 13.0. The zero-order valence-corrected chi connectivity index (χ0v) is 17.7. The molecule has 8 heteroatoms. The highest BCUT2D eigenvalue weighted by Gasteiger charge is 2.26. The lowest BCUT2D eigenvalue weighted by Gasteiger charge is -2.35. The van der Waals surface area contributed by atoms with Crippen molar-refractivity contribution in [2.45, 2.75) is 34.1 Å². The fourth-order valence-corrected chi connectivity index (χ4v) is 4.08.